The fourth-order valence-electron chi connectivity index (χ4n) is 1.80. The number of carbonyl (C=O) groups is 1. The van der Waals surface area contributed by atoms with E-state index in [1.54, 1.807) is 16.8 Å². The summed E-state index contributed by atoms with van der Waals surface area (Å²) < 4.78 is 0. The standard InChI is InChI=1S/C9H12N2O2S/c12-9(13)7-3-6(1-2-10-7)8-4-14-5-11-8/h4-7,10H,1-3H2,(H,12,13). The SMILES string of the molecule is O=C(O)C1CC(c2cscn2)CCN1. The first-order valence-electron chi connectivity index (χ1n) is 4.61. The molecule has 0 radical (unpaired) electrons. The summed E-state index contributed by atoms with van der Waals surface area (Å²) in [5.41, 5.74) is 2.84. The van der Waals surface area contributed by atoms with Crippen LogP contribution in [-0.4, -0.2) is 28.6 Å². The maximum Gasteiger partial charge on any atom is 0.320 e. The third-order valence-corrected chi connectivity index (χ3v) is 3.18. The van der Waals surface area contributed by atoms with Crippen molar-refractivity contribution in [2.45, 2.75) is 24.8 Å². The van der Waals surface area contributed by atoms with Crippen molar-refractivity contribution in [2.24, 2.45) is 0 Å². The van der Waals surface area contributed by atoms with Crippen LogP contribution in [-0.2, 0) is 4.79 Å². The molecule has 0 aromatic carbocycles. The lowest BCUT2D eigenvalue weighted by Crippen LogP contribution is -2.42. The molecule has 1 saturated heterocycles. The topological polar surface area (TPSA) is 62.2 Å². The highest BCUT2D eigenvalue weighted by Crippen LogP contribution is 2.27. The molecule has 1 aliphatic rings. The van der Waals surface area contributed by atoms with Crippen LogP contribution in [0.15, 0.2) is 10.9 Å². The third kappa shape index (κ3) is 1.93. The summed E-state index contributed by atoms with van der Waals surface area (Å²) in [6, 6.07) is -0.407. The van der Waals surface area contributed by atoms with Crippen LogP contribution in [0.1, 0.15) is 24.5 Å². The highest BCUT2D eigenvalue weighted by atomic mass is 32.1. The zero-order chi connectivity index (χ0) is 9.97. The molecule has 4 nitrogen and oxygen atoms in total. The zero-order valence-corrected chi connectivity index (χ0v) is 8.46. The van der Waals surface area contributed by atoms with Gasteiger partial charge in [0, 0.05) is 11.3 Å². The lowest BCUT2D eigenvalue weighted by atomic mass is 9.90. The van der Waals surface area contributed by atoms with Crippen molar-refractivity contribution >= 4 is 17.3 Å². The number of hydrogen-bond acceptors (Lipinski definition) is 4. The Morgan fingerprint density at radius 3 is 3.21 bits per heavy atom. The summed E-state index contributed by atoms with van der Waals surface area (Å²) in [6.45, 7) is 0.763. The summed E-state index contributed by atoms with van der Waals surface area (Å²) in [6.07, 6.45) is 1.63. The van der Waals surface area contributed by atoms with Crippen LogP contribution in [0.3, 0.4) is 0 Å². The second-order valence-electron chi connectivity index (χ2n) is 3.48. The number of nitrogens with one attached hydrogen (secondary N) is 1. The summed E-state index contributed by atoms with van der Waals surface area (Å²) in [5.74, 6) is -0.450. The van der Waals surface area contributed by atoms with Crippen molar-refractivity contribution in [3.8, 4) is 0 Å². The van der Waals surface area contributed by atoms with Gasteiger partial charge >= 0.3 is 5.97 Å². The number of carboxylic acid groups (broad SMARTS) is 1. The van der Waals surface area contributed by atoms with E-state index in [0.717, 1.165) is 18.7 Å². The molecule has 1 aliphatic heterocycles. The van der Waals surface area contributed by atoms with Crippen molar-refractivity contribution < 1.29 is 9.90 Å². The Bertz CT molecular complexity index is 313. The van der Waals surface area contributed by atoms with E-state index in [0.29, 0.717) is 12.3 Å². The van der Waals surface area contributed by atoms with E-state index in [1.165, 1.54) is 0 Å². The van der Waals surface area contributed by atoms with Crippen LogP contribution < -0.4 is 5.32 Å². The summed E-state index contributed by atoms with van der Waals surface area (Å²) in [7, 11) is 0. The molecule has 0 aliphatic carbocycles. The predicted octanol–water partition coefficient (Wildman–Crippen LogP) is 1.06. The van der Waals surface area contributed by atoms with E-state index in [4.69, 9.17) is 5.11 Å². The predicted molar refractivity (Wildman–Crippen MR) is 53.5 cm³/mol. The fraction of sp³-hybridized carbons (Fsp3) is 0.556. The minimum atomic E-state index is -0.759. The summed E-state index contributed by atoms with van der Waals surface area (Å²) >= 11 is 1.56. The molecule has 0 amide bonds. The fourth-order valence-corrected chi connectivity index (χ4v) is 2.43. The molecule has 2 heterocycles. The molecular formula is C9H12N2O2S. The van der Waals surface area contributed by atoms with Crippen LogP contribution in [0, 0.1) is 0 Å². The van der Waals surface area contributed by atoms with Crippen LogP contribution in [0.4, 0.5) is 0 Å². The number of aromatic nitrogens is 1. The minimum Gasteiger partial charge on any atom is -0.480 e. The number of thiazole rings is 1. The van der Waals surface area contributed by atoms with Gasteiger partial charge in [0.25, 0.3) is 0 Å². The highest BCUT2D eigenvalue weighted by molar-refractivity contribution is 7.07. The Hall–Kier alpha value is -0.940. The maximum atomic E-state index is 10.8. The lowest BCUT2D eigenvalue weighted by Gasteiger charge is -2.26. The smallest absolute Gasteiger partial charge is 0.320 e. The molecule has 1 aromatic rings. The van der Waals surface area contributed by atoms with Crippen LogP contribution in [0.5, 0.6) is 0 Å². The quantitative estimate of drug-likeness (QED) is 0.769. The second-order valence-corrected chi connectivity index (χ2v) is 4.20. The Morgan fingerprint density at radius 1 is 1.71 bits per heavy atom. The normalized spacial score (nSPS) is 27.4. The number of carboxylic acids is 1. The number of nitrogens with zero attached hydrogens (tertiary/aromatic N) is 1. The van der Waals surface area contributed by atoms with E-state index < -0.39 is 12.0 Å². The molecule has 0 bridgehead atoms. The molecular weight excluding hydrogens is 200 g/mol. The minimum absolute atomic E-state index is 0.309. The molecule has 76 valence electrons. The van der Waals surface area contributed by atoms with Gasteiger partial charge in [-0.05, 0) is 19.4 Å². The molecule has 2 atom stereocenters. The van der Waals surface area contributed by atoms with Crippen LogP contribution in [0.25, 0.3) is 0 Å². The molecule has 2 rings (SSSR count). The van der Waals surface area contributed by atoms with Gasteiger partial charge in [0.2, 0.25) is 0 Å². The van der Waals surface area contributed by atoms with Gasteiger partial charge < -0.3 is 10.4 Å². The molecule has 0 saturated carbocycles. The van der Waals surface area contributed by atoms with Gasteiger partial charge in [-0.3, -0.25) is 4.79 Å². The number of aliphatic carboxylic acids is 1. The zero-order valence-electron chi connectivity index (χ0n) is 7.64. The second kappa shape index (κ2) is 4.06. The Morgan fingerprint density at radius 2 is 2.57 bits per heavy atom. The van der Waals surface area contributed by atoms with Gasteiger partial charge in [0.05, 0.1) is 11.2 Å². The van der Waals surface area contributed by atoms with Crippen molar-refractivity contribution in [2.75, 3.05) is 6.54 Å². The average molecular weight is 212 g/mol. The van der Waals surface area contributed by atoms with E-state index >= 15 is 0 Å². The number of rotatable bonds is 2. The van der Waals surface area contributed by atoms with Gasteiger partial charge in [-0.2, -0.15) is 0 Å². The van der Waals surface area contributed by atoms with E-state index in [-0.39, 0.29) is 0 Å². The number of hydrogen-bond donors (Lipinski definition) is 2. The summed E-state index contributed by atoms with van der Waals surface area (Å²) in [5, 5.41) is 13.9. The Kier molecular flexibility index (Phi) is 2.79. The van der Waals surface area contributed by atoms with Crippen LogP contribution >= 0.6 is 11.3 Å². The van der Waals surface area contributed by atoms with Gasteiger partial charge in [-0.25, -0.2) is 4.98 Å². The maximum absolute atomic E-state index is 10.8. The molecule has 2 unspecified atom stereocenters. The Balaban J connectivity index is 2.04. The largest absolute Gasteiger partial charge is 0.480 e. The molecule has 2 N–H and O–H groups in total. The van der Waals surface area contributed by atoms with Crippen LogP contribution in [0.2, 0.25) is 0 Å². The van der Waals surface area contributed by atoms with Crippen molar-refractivity contribution in [3.05, 3.63) is 16.6 Å². The van der Waals surface area contributed by atoms with Crippen molar-refractivity contribution in [1.82, 2.24) is 10.3 Å². The molecule has 5 heteroatoms. The van der Waals surface area contributed by atoms with E-state index in [1.807, 2.05) is 5.38 Å². The highest BCUT2D eigenvalue weighted by Gasteiger charge is 2.28. The molecule has 0 spiro atoms. The molecule has 1 fully saturated rings. The number of piperidine rings is 1. The van der Waals surface area contributed by atoms with Crippen molar-refractivity contribution in [1.29, 1.82) is 0 Å². The van der Waals surface area contributed by atoms with Gasteiger partial charge in [-0.1, -0.05) is 0 Å². The third-order valence-electron chi connectivity index (χ3n) is 2.57. The summed E-state index contributed by atoms with van der Waals surface area (Å²) in [4.78, 5) is 15.0. The first-order valence-corrected chi connectivity index (χ1v) is 5.56. The molecule has 14 heavy (non-hydrogen) atoms. The van der Waals surface area contributed by atoms with Gasteiger partial charge in [0.1, 0.15) is 6.04 Å². The van der Waals surface area contributed by atoms with Gasteiger partial charge in [-0.15, -0.1) is 11.3 Å². The monoisotopic (exact) mass is 212 g/mol. The van der Waals surface area contributed by atoms with Crippen molar-refractivity contribution in [3.63, 3.8) is 0 Å². The first-order chi connectivity index (χ1) is 6.77. The lowest BCUT2D eigenvalue weighted by molar-refractivity contribution is -0.140. The Labute approximate surface area is 86.0 Å². The average Bonchev–Trinajstić information content (AvgIpc) is 2.71. The van der Waals surface area contributed by atoms with E-state index in [2.05, 4.69) is 10.3 Å². The molecule has 1 aromatic heterocycles. The van der Waals surface area contributed by atoms with Gasteiger partial charge in [0.15, 0.2) is 0 Å². The first kappa shape index (κ1) is 9.61. The van der Waals surface area contributed by atoms with E-state index in [9.17, 15) is 4.79 Å².